The van der Waals surface area contributed by atoms with E-state index in [0.717, 1.165) is 22.6 Å². The normalized spacial score (nSPS) is 12.8. The number of rotatable bonds is 8. The van der Waals surface area contributed by atoms with E-state index in [1.54, 1.807) is 0 Å². The molecule has 0 saturated heterocycles. The van der Waals surface area contributed by atoms with Crippen LogP contribution in [-0.2, 0) is 24.1 Å². The Morgan fingerprint density at radius 3 is 2.03 bits per heavy atom. The van der Waals surface area contributed by atoms with Gasteiger partial charge in [-0.25, -0.2) is 0 Å². The van der Waals surface area contributed by atoms with Crippen molar-refractivity contribution in [1.82, 2.24) is 15.0 Å². The molecule has 0 amide bonds. The van der Waals surface area contributed by atoms with Crippen LogP contribution in [0.15, 0.2) is 65.2 Å². The van der Waals surface area contributed by atoms with Crippen molar-refractivity contribution >= 4 is 29.2 Å². The number of benzene rings is 2. The van der Waals surface area contributed by atoms with Crippen LogP contribution in [0.1, 0.15) is 36.4 Å². The summed E-state index contributed by atoms with van der Waals surface area (Å²) in [6.45, 7) is 6.78. The Kier molecular flexibility index (Phi) is 6.88. The largest absolute Gasteiger partial charge is 0.324 e. The first kappa shape index (κ1) is 22.3. The van der Waals surface area contributed by atoms with E-state index >= 15 is 0 Å². The fourth-order valence-corrected chi connectivity index (χ4v) is 3.47. The Morgan fingerprint density at radius 1 is 0.848 bits per heavy atom. The molecule has 7 heteroatoms. The van der Waals surface area contributed by atoms with Gasteiger partial charge in [-0.15, -0.1) is 0 Å². The SMILES string of the molecule is CCc1nc(NC2=NCC(C)=C2)nc(Nc2ccc(CC(=O)Cc3ccc(C)cc3)cc2)n1. The van der Waals surface area contributed by atoms with Gasteiger partial charge in [0.15, 0.2) is 0 Å². The van der Waals surface area contributed by atoms with Gasteiger partial charge >= 0.3 is 0 Å². The zero-order valence-corrected chi connectivity index (χ0v) is 19.2. The molecule has 0 fully saturated rings. The fraction of sp³-hybridized carbons (Fsp3) is 0.269. The van der Waals surface area contributed by atoms with Gasteiger partial charge in [-0.05, 0) is 48.8 Å². The Balaban J connectivity index is 1.39. The summed E-state index contributed by atoms with van der Waals surface area (Å²) < 4.78 is 0. The predicted octanol–water partition coefficient (Wildman–Crippen LogP) is 4.61. The van der Waals surface area contributed by atoms with Crippen LogP contribution in [0.4, 0.5) is 17.6 Å². The second-order valence-corrected chi connectivity index (χ2v) is 8.27. The van der Waals surface area contributed by atoms with Gasteiger partial charge in [0, 0.05) is 24.9 Å². The molecule has 0 radical (unpaired) electrons. The first-order valence-corrected chi connectivity index (χ1v) is 11.1. The number of nitrogens with zero attached hydrogens (tertiary/aromatic N) is 4. The van der Waals surface area contributed by atoms with Crippen LogP contribution in [0.3, 0.4) is 0 Å². The molecular weight excluding hydrogens is 412 g/mol. The third kappa shape index (κ3) is 6.32. The number of aryl methyl sites for hydroxylation is 2. The fourth-order valence-electron chi connectivity index (χ4n) is 3.47. The van der Waals surface area contributed by atoms with Gasteiger partial charge in [-0.2, -0.15) is 15.0 Å². The molecule has 33 heavy (non-hydrogen) atoms. The van der Waals surface area contributed by atoms with Gasteiger partial charge in [-0.1, -0.05) is 48.9 Å². The second kappa shape index (κ2) is 10.2. The number of aromatic nitrogens is 3. The number of hydrogen-bond donors (Lipinski definition) is 2. The maximum absolute atomic E-state index is 12.4. The summed E-state index contributed by atoms with van der Waals surface area (Å²) >= 11 is 0. The number of amidine groups is 1. The van der Waals surface area contributed by atoms with Crippen LogP contribution in [-0.4, -0.2) is 33.1 Å². The Labute approximate surface area is 194 Å². The summed E-state index contributed by atoms with van der Waals surface area (Å²) in [5.74, 6) is 2.57. The van der Waals surface area contributed by atoms with E-state index in [9.17, 15) is 4.79 Å². The van der Waals surface area contributed by atoms with Crippen molar-refractivity contribution in [3.8, 4) is 0 Å². The van der Waals surface area contributed by atoms with E-state index < -0.39 is 0 Å². The zero-order chi connectivity index (χ0) is 23.2. The highest BCUT2D eigenvalue weighted by Crippen LogP contribution is 2.17. The standard InChI is InChI=1S/C26H28N6O/c1-4-23-29-25(32-26(30-23)31-24-13-18(3)16-27-24)28-21-11-9-20(10-12-21)15-22(33)14-19-7-5-17(2)6-8-19/h5-13H,4,14-16H2,1-3H3,(H2,27,28,29,30,31,32). The molecular formula is C26H28N6O. The Bertz CT molecular complexity index is 1200. The van der Waals surface area contributed by atoms with Crippen molar-refractivity contribution in [3.05, 3.63) is 82.7 Å². The molecule has 2 aromatic carbocycles. The highest BCUT2D eigenvalue weighted by atomic mass is 16.1. The molecule has 4 rings (SSSR count). The van der Waals surface area contributed by atoms with Gasteiger partial charge in [0.1, 0.15) is 17.4 Å². The lowest BCUT2D eigenvalue weighted by atomic mass is 10.0. The maximum Gasteiger partial charge on any atom is 0.233 e. The molecule has 1 aliphatic heterocycles. The minimum atomic E-state index is 0.194. The predicted molar refractivity (Wildman–Crippen MR) is 132 cm³/mol. The molecule has 3 aromatic rings. The Morgan fingerprint density at radius 2 is 1.45 bits per heavy atom. The minimum absolute atomic E-state index is 0.194. The van der Waals surface area contributed by atoms with E-state index in [4.69, 9.17) is 0 Å². The van der Waals surface area contributed by atoms with E-state index in [-0.39, 0.29) is 5.78 Å². The van der Waals surface area contributed by atoms with Gasteiger partial charge in [-0.3, -0.25) is 9.79 Å². The average Bonchev–Trinajstić information content (AvgIpc) is 3.21. The van der Waals surface area contributed by atoms with Crippen molar-refractivity contribution < 1.29 is 4.79 Å². The third-order valence-corrected chi connectivity index (χ3v) is 5.25. The van der Waals surface area contributed by atoms with Crippen LogP contribution in [0, 0.1) is 6.92 Å². The van der Waals surface area contributed by atoms with Crippen molar-refractivity contribution in [2.45, 2.75) is 40.0 Å². The molecule has 1 aliphatic rings. The van der Waals surface area contributed by atoms with E-state index in [0.29, 0.717) is 43.5 Å². The molecule has 0 unspecified atom stereocenters. The summed E-state index contributed by atoms with van der Waals surface area (Å²) in [7, 11) is 0. The summed E-state index contributed by atoms with van der Waals surface area (Å²) in [5, 5.41) is 6.40. The van der Waals surface area contributed by atoms with Crippen molar-refractivity contribution in [1.29, 1.82) is 0 Å². The molecule has 0 atom stereocenters. The topological polar surface area (TPSA) is 92.2 Å². The summed E-state index contributed by atoms with van der Waals surface area (Å²) in [6, 6.07) is 15.9. The van der Waals surface area contributed by atoms with Crippen molar-refractivity contribution in [3.63, 3.8) is 0 Å². The summed E-state index contributed by atoms with van der Waals surface area (Å²) in [4.78, 5) is 30.3. The molecule has 0 saturated carbocycles. The lowest BCUT2D eigenvalue weighted by molar-refractivity contribution is -0.117. The van der Waals surface area contributed by atoms with Crippen LogP contribution in [0.25, 0.3) is 0 Å². The number of aliphatic imine (C=N–C) groups is 1. The number of Topliss-reactive ketones (excluding diaryl/α,β-unsaturated/α-hetero) is 1. The third-order valence-electron chi connectivity index (χ3n) is 5.25. The number of carbonyl (C=O) groups excluding carboxylic acids is 1. The number of hydrogen-bond acceptors (Lipinski definition) is 7. The quantitative estimate of drug-likeness (QED) is 0.531. The molecule has 2 heterocycles. The number of carbonyl (C=O) groups is 1. The lowest BCUT2D eigenvalue weighted by Gasteiger charge is -2.10. The summed E-state index contributed by atoms with van der Waals surface area (Å²) in [5.41, 5.74) is 5.26. The second-order valence-electron chi connectivity index (χ2n) is 8.27. The van der Waals surface area contributed by atoms with Crippen LogP contribution < -0.4 is 10.6 Å². The molecule has 2 N–H and O–H groups in total. The number of nitrogens with one attached hydrogen (secondary N) is 2. The highest BCUT2D eigenvalue weighted by Gasteiger charge is 2.11. The van der Waals surface area contributed by atoms with E-state index in [1.807, 2.05) is 75.4 Å². The van der Waals surface area contributed by atoms with Crippen LogP contribution in [0.2, 0.25) is 0 Å². The highest BCUT2D eigenvalue weighted by molar-refractivity contribution is 6.04. The number of ketones is 1. The number of anilines is 3. The molecule has 0 aliphatic carbocycles. The molecule has 168 valence electrons. The summed E-state index contributed by atoms with van der Waals surface area (Å²) in [6.07, 6.45) is 3.53. The molecule has 0 spiro atoms. The Hall–Kier alpha value is -3.87. The first-order chi connectivity index (χ1) is 16.0. The maximum atomic E-state index is 12.4. The van der Waals surface area contributed by atoms with Gasteiger partial charge in [0.05, 0.1) is 6.54 Å². The monoisotopic (exact) mass is 440 g/mol. The van der Waals surface area contributed by atoms with E-state index in [1.165, 1.54) is 11.1 Å². The minimum Gasteiger partial charge on any atom is -0.324 e. The molecule has 0 bridgehead atoms. The molecule has 7 nitrogen and oxygen atoms in total. The average molecular weight is 441 g/mol. The van der Waals surface area contributed by atoms with Gasteiger partial charge in [0.2, 0.25) is 11.9 Å². The van der Waals surface area contributed by atoms with Crippen LogP contribution in [0.5, 0.6) is 0 Å². The van der Waals surface area contributed by atoms with Crippen LogP contribution >= 0.6 is 0 Å². The lowest BCUT2D eigenvalue weighted by Crippen LogP contribution is -2.13. The van der Waals surface area contributed by atoms with Gasteiger partial charge in [0.25, 0.3) is 0 Å². The molecule has 1 aromatic heterocycles. The van der Waals surface area contributed by atoms with E-state index in [2.05, 4.69) is 30.6 Å². The smallest absolute Gasteiger partial charge is 0.233 e. The van der Waals surface area contributed by atoms with Crippen molar-refractivity contribution in [2.75, 3.05) is 17.2 Å². The van der Waals surface area contributed by atoms with Gasteiger partial charge < -0.3 is 10.6 Å². The zero-order valence-electron chi connectivity index (χ0n) is 19.2. The first-order valence-electron chi connectivity index (χ1n) is 11.1. The van der Waals surface area contributed by atoms with Crippen molar-refractivity contribution in [2.24, 2.45) is 4.99 Å².